The molecule has 0 unspecified atom stereocenters. The van der Waals surface area contributed by atoms with E-state index in [0.29, 0.717) is 24.8 Å². The second-order valence-electron chi connectivity index (χ2n) is 9.65. The van der Waals surface area contributed by atoms with Crippen LogP contribution >= 0.6 is 0 Å². The van der Waals surface area contributed by atoms with Crippen molar-refractivity contribution in [2.45, 2.75) is 110 Å². The summed E-state index contributed by atoms with van der Waals surface area (Å²) < 4.78 is 26.1. The summed E-state index contributed by atoms with van der Waals surface area (Å²) in [6.07, 6.45) is 4.95. The SMILES string of the molecule is CCCCCC(=O)Oc1ccc(C[C@](N)(CCOC(=O)O[C@@H](C)CC)C(=O)OC)cc1OC(=O)CCCCC. The van der Waals surface area contributed by atoms with Crippen molar-refractivity contribution in [1.29, 1.82) is 0 Å². The van der Waals surface area contributed by atoms with Gasteiger partial charge in [-0.1, -0.05) is 52.5 Å². The van der Waals surface area contributed by atoms with Gasteiger partial charge in [0.05, 0.1) is 13.7 Å². The molecule has 0 bridgehead atoms. The van der Waals surface area contributed by atoms with Crippen molar-refractivity contribution in [3.8, 4) is 11.5 Å². The summed E-state index contributed by atoms with van der Waals surface area (Å²) >= 11 is 0. The largest absolute Gasteiger partial charge is 0.508 e. The number of benzene rings is 1. The molecule has 10 nitrogen and oxygen atoms in total. The molecule has 2 atom stereocenters. The molecule has 0 aliphatic rings. The highest BCUT2D eigenvalue weighted by Gasteiger charge is 2.36. The summed E-state index contributed by atoms with van der Waals surface area (Å²) in [5, 5.41) is 0. The summed E-state index contributed by atoms with van der Waals surface area (Å²) in [5.41, 5.74) is 5.40. The lowest BCUT2D eigenvalue weighted by atomic mass is 9.88. The Morgan fingerprint density at radius 1 is 0.897 bits per heavy atom. The monoisotopic (exact) mass is 551 g/mol. The quantitative estimate of drug-likeness (QED) is 0.143. The first kappa shape index (κ1) is 33.9. The van der Waals surface area contributed by atoms with Crippen molar-refractivity contribution in [1.82, 2.24) is 0 Å². The highest BCUT2D eigenvalue weighted by molar-refractivity contribution is 5.81. The van der Waals surface area contributed by atoms with Crippen LogP contribution in [0, 0.1) is 0 Å². The van der Waals surface area contributed by atoms with Gasteiger partial charge in [0.25, 0.3) is 0 Å². The Hall–Kier alpha value is -3.14. The number of unbranched alkanes of at least 4 members (excludes halogenated alkanes) is 4. The summed E-state index contributed by atoms with van der Waals surface area (Å²) in [4.78, 5) is 49.3. The zero-order valence-electron chi connectivity index (χ0n) is 24.0. The van der Waals surface area contributed by atoms with Crippen molar-refractivity contribution in [2.24, 2.45) is 5.73 Å². The number of carbonyl (C=O) groups is 4. The average molecular weight is 552 g/mol. The van der Waals surface area contributed by atoms with Crippen LogP contribution in [0.25, 0.3) is 0 Å². The molecular formula is C29H45NO9. The smallest absolute Gasteiger partial charge is 0.468 e. The van der Waals surface area contributed by atoms with Gasteiger partial charge in [-0.05, 0) is 43.9 Å². The number of ether oxygens (including phenoxy) is 5. The third kappa shape index (κ3) is 13.0. The summed E-state index contributed by atoms with van der Waals surface area (Å²) in [6.45, 7) is 7.51. The van der Waals surface area contributed by atoms with E-state index in [1.807, 2.05) is 20.8 Å². The molecule has 0 heterocycles. The van der Waals surface area contributed by atoms with E-state index >= 15 is 0 Å². The van der Waals surface area contributed by atoms with Crippen LogP contribution in [0.1, 0.15) is 97.5 Å². The Bertz CT molecular complexity index is 933. The maximum atomic E-state index is 12.6. The predicted octanol–water partition coefficient (Wildman–Crippen LogP) is 5.41. The molecular weight excluding hydrogens is 506 g/mol. The van der Waals surface area contributed by atoms with Crippen LogP contribution in [0.3, 0.4) is 0 Å². The zero-order chi connectivity index (χ0) is 29.3. The van der Waals surface area contributed by atoms with Gasteiger partial charge in [0.2, 0.25) is 0 Å². The van der Waals surface area contributed by atoms with Crippen molar-refractivity contribution in [3.63, 3.8) is 0 Å². The molecule has 1 aromatic rings. The predicted molar refractivity (Wildman–Crippen MR) is 145 cm³/mol. The van der Waals surface area contributed by atoms with Crippen LogP contribution in [0.15, 0.2) is 18.2 Å². The molecule has 0 spiro atoms. The summed E-state index contributed by atoms with van der Waals surface area (Å²) in [7, 11) is 1.21. The summed E-state index contributed by atoms with van der Waals surface area (Å²) in [6, 6.07) is 4.67. The van der Waals surface area contributed by atoms with E-state index in [1.54, 1.807) is 13.0 Å². The van der Waals surface area contributed by atoms with Gasteiger partial charge in [0, 0.05) is 25.7 Å². The number of rotatable bonds is 18. The summed E-state index contributed by atoms with van der Waals surface area (Å²) in [5.74, 6) is -1.40. The van der Waals surface area contributed by atoms with E-state index < -0.39 is 29.6 Å². The van der Waals surface area contributed by atoms with Crippen LogP contribution in [-0.2, 0) is 35.0 Å². The molecule has 2 N–H and O–H groups in total. The molecule has 0 radical (unpaired) electrons. The van der Waals surface area contributed by atoms with Crippen molar-refractivity contribution >= 4 is 24.1 Å². The van der Waals surface area contributed by atoms with Crippen LogP contribution in [0.5, 0.6) is 11.5 Å². The fourth-order valence-electron chi connectivity index (χ4n) is 3.64. The molecule has 0 saturated carbocycles. The van der Waals surface area contributed by atoms with Gasteiger partial charge >= 0.3 is 24.1 Å². The third-order valence-electron chi connectivity index (χ3n) is 6.18. The van der Waals surface area contributed by atoms with Gasteiger partial charge in [0.15, 0.2) is 11.5 Å². The maximum Gasteiger partial charge on any atom is 0.508 e. The molecule has 220 valence electrons. The van der Waals surface area contributed by atoms with Crippen molar-refractivity contribution < 1.29 is 42.9 Å². The van der Waals surface area contributed by atoms with Gasteiger partial charge in [-0.2, -0.15) is 0 Å². The molecule has 0 aliphatic heterocycles. The van der Waals surface area contributed by atoms with Gasteiger partial charge in [-0.15, -0.1) is 0 Å². The van der Waals surface area contributed by atoms with Crippen LogP contribution in [0.2, 0.25) is 0 Å². The fraction of sp³-hybridized carbons (Fsp3) is 0.655. The number of hydrogen-bond acceptors (Lipinski definition) is 10. The van der Waals surface area contributed by atoms with Crippen LogP contribution in [0.4, 0.5) is 4.79 Å². The lowest BCUT2D eigenvalue weighted by molar-refractivity contribution is -0.148. The number of methoxy groups -OCH3 is 1. The third-order valence-corrected chi connectivity index (χ3v) is 6.18. The fourth-order valence-corrected chi connectivity index (χ4v) is 3.64. The topological polar surface area (TPSA) is 140 Å². The minimum Gasteiger partial charge on any atom is -0.468 e. The van der Waals surface area contributed by atoms with Gasteiger partial charge in [0.1, 0.15) is 11.6 Å². The van der Waals surface area contributed by atoms with E-state index in [2.05, 4.69) is 0 Å². The van der Waals surface area contributed by atoms with E-state index in [9.17, 15) is 19.2 Å². The molecule has 0 aliphatic carbocycles. The van der Waals surface area contributed by atoms with E-state index in [-0.39, 0.29) is 49.9 Å². The van der Waals surface area contributed by atoms with E-state index in [0.717, 1.165) is 25.7 Å². The molecule has 0 fully saturated rings. The Morgan fingerprint density at radius 2 is 1.49 bits per heavy atom. The van der Waals surface area contributed by atoms with Gasteiger partial charge in [-0.3, -0.25) is 14.4 Å². The Morgan fingerprint density at radius 3 is 2.03 bits per heavy atom. The van der Waals surface area contributed by atoms with Crippen LogP contribution < -0.4 is 15.2 Å². The second kappa shape index (κ2) is 18.2. The number of carbonyl (C=O) groups excluding carboxylic acids is 4. The lowest BCUT2D eigenvalue weighted by Crippen LogP contribution is -2.51. The Kier molecular flexibility index (Phi) is 15.8. The van der Waals surface area contributed by atoms with E-state index in [1.165, 1.54) is 19.2 Å². The molecule has 0 saturated heterocycles. The Labute approximate surface area is 231 Å². The van der Waals surface area contributed by atoms with E-state index in [4.69, 9.17) is 29.4 Å². The average Bonchev–Trinajstić information content (AvgIpc) is 2.89. The Balaban J connectivity index is 3.09. The molecule has 1 aromatic carbocycles. The normalized spacial score (nSPS) is 13.1. The highest BCUT2D eigenvalue weighted by Crippen LogP contribution is 2.31. The zero-order valence-corrected chi connectivity index (χ0v) is 24.0. The highest BCUT2D eigenvalue weighted by atomic mass is 16.7. The first-order chi connectivity index (χ1) is 18.6. The number of hydrogen-bond donors (Lipinski definition) is 1. The number of nitrogens with two attached hydrogens (primary N) is 1. The molecule has 10 heteroatoms. The minimum absolute atomic E-state index is 0.0193. The van der Waals surface area contributed by atoms with Crippen molar-refractivity contribution in [3.05, 3.63) is 23.8 Å². The first-order valence-corrected chi connectivity index (χ1v) is 13.8. The van der Waals surface area contributed by atoms with Crippen LogP contribution in [-0.4, -0.2) is 49.4 Å². The molecule has 39 heavy (non-hydrogen) atoms. The van der Waals surface area contributed by atoms with Gasteiger partial charge in [-0.25, -0.2) is 4.79 Å². The molecule has 0 aromatic heterocycles. The number of esters is 3. The van der Waals surface area contributed by atoms with Crippen molar-refractivity contribution in [2.75, 3.05) is 13.7 Å². The lowest BCUT2D eigenvalue weighted by Gasteiger charge is -2.27. The maximum absolute atomic E-state index is 12.6. The molecule has 0 amide bonds. The first-order valence-electron chi connectivity index (χ1n) is 13.8. The standard InChI is InChI=1S/C29H45NO9/c1-6-9-11-13-25(31)38-23-16-15-22(19-24(23)39-26(32)14-12-10-7-2)20-29(30,27(33)35-5)17-18-36-28(34)37-21(4)8-3/h15-16,19,21H,6-14,17-18,20,30H2,1-5H3/t21-,29+/m0/s1. The molecule has 1 rings (SSSR count). The minimum atomic E-state index is -1.55. The second-order valence-corrected chi connectivity index (χ2v) is 9.65. The van der Waals surface area contributed by atoms with Gasteiger partial charge < -0.3 is 29.4 Å².